The highest BCUT2D eigenvalue weighted by atomic mass is 127. The van der Waals surface area contributed by atoms with Gasteiger partial charge in [0.15, 0.2) is 5.96 Å². The van der Waals surface area contributed by atoms with Crippen LogP contribution in [-0.2, 0) is 17.7 Å². The van der Waals surface area contributed by atoms with Crippen molar-refractivity contribution in [2.45, 2.75) is 33.2 Å². The van der Waals surface area contributed by atoms with Crippen LogP contribution in [0, 0.1) is 5.92 Å². The van der Waals surface area contributed by atoms with Crippen LogP contribution >= 0.6 is 35.3 Å². The smallest absolute Gasteiger partial charge is 0.194 e. The van der Waals surface area contributed by atoms with Crippen LogP contribution in [0.25, 0.3) is 0 Å². The molecule has 2 aliphatic heterocycles. The van der Waals surface area contributed by atoms with E-state index in [2.05, 4.69) is 33.9 Å². The number of morpholine rings is 1. The molecule has 26 heavy (non-hydrogen) atoms. The van der Waals surface area contributed by atoms with Crippen LogP contribution in [0.2, 0.25) is 0 Å². The van der Waals surface area contributed by atoms with E-state index in [4.69, 9.17) is 9.73 Å². The lowest BCUT2D eigenvalue weighted by Gasteiger charge is -2.29. The monoisotopic (exact) mass is 493 g/mol. The van der Waals surface area contributed by atoms with Crippen LogP contribution in [0.4, 0.5) is 0 Å². The molecule has 148 valence electrons. The third-order valence-corrected chi connectivity index (χ3v) is 5.98. The number of aryl methyl sites for hydroxylation is 1. The van der Waals surface area contributed by atoms with Gasteiger partial charge in [0, 0.05) is 50.3 Å². The van der Waals surface area contributed by atoms with Gasteiger partial charge in [0.05, 0.1) is 19.8 Å². The van der Waals surface area contributed by atoms with Gasteiger partial charge in [-0.3, -0.25) is 4.90 Å². The van der Waals surface area contributed by atoms with Gasteiger partial charge in [0.25, 0.3) is 0 Å². The normalized spacial score (nSPS) is 21.7. The Balaban J connectivity index is 0.00000243. The first-order chi connectivity index (χ1) is 12.3. The summed E-state index contributed by atoms with van der Waals surface area (Å²) in [6, 6.07) is 0. The van der Waals surface area contributed by atoms with Gasteiger partial charge in [-0.1, -0.05) is 6.92 Å². The number of aromatic nitrogens is 1. The summed E-state index contributed by atoms with van der Waals surface area (Å²) in [6.07, 6.45) is 4.28. The first kappa shape index (κ1) is 21.8. The van der Waals surface area contributed by atoms with E-state index in [1.54, 1.807) is 11.3 Å². The van der Waals surface area contributed by atoms with Crippen molar-refractivity contribution in [3.63, 3.8) is 0 Å². The van der Waals surface area contributed by atoms with Crippen LogP contribution < -0.4 is 5.32 Å². The van der Waals surface area contributed by atoms with E-state index in [0.29, 0.717) is 6.54 Å². The molecule has 0 aliphatic carbocycles. The number of rotatable bonds is 6. The SMILES string of the molecule is CCNC(=NCc1ncc(CC)s1)N1CCC(CN2CCOCC2)C1.I. The van der Waals surface area contributed by atoms with E-state index < -0.39 is 0 Å². The van der Waals surface area contributed by atoms with Gasteiger partial charge < -0.3 is 15.0 Å². The molecule has 0 saturated carbocycles. The third kappa shape index (κ3) is 6.31. The molecule has 2 aliphatic rings. The largest absolute Gasteiger partial charge is 0.379 e. The average Bonchev–Trinajstić information content (AvgIpc) is 3.29. The summed E-state index contributed by atoms with van der Waals surface area (Å²) in [5, 5.41) is 4.57. The second-order valence-corrected chi connectivity index (χ2v) is 7.96. The van der Waals surface area contributed by atoms with Crippen LogP contribution in [-0.4, -0.2) is 73.2 Å². The summed E-state index contributed by atoms with van der Waals surface area (Å²) in [7, 11) is 0. The third-order valence-electron chi connectivity index (χ3n) is 4.85. The Labute approximate surface area is 178 Å². The number of nitrogens with zero attached hydrogens (tertiary/aromatic N) is 4. The highest BCUT2D eigenvalue weighted by Crippen LogP contribution is 2.19. The maximum atomic E-state index is 5.45. The van der Waals surface area contributed by atoms with Gasteiger partial charge in [-0.05, 0) is 25.7 Å². The number of ether oxygens (including phenoxy) is 1. The van der Waals surface area contributed by atoms with Crippen molar-refractivity contribution in [1.82, 2.24) is 20.1 Å². The molecule has 0 radical (unpaired) electrons. The summed E-state index contributed by atoms with van der Waals surface area (Å²) in [4.78, 5) is 15.6. The van der Waals surface area contributed by atoms with E-state index in [0.717, 1.165) is 69.2 Å². The Morgan fingerprint density at radius 2 is 2.15 bits per heavy atom. The molecule has 1 N–H and O–H groups in total. The van der Waals surface area contributed by atoms with Gasteiger partial charge in [-0.2, -0.15) is 0 Å². The second-order valence-electron chi connectivity index (χ2n) is 6.76. The number of halogens is 1. The first-order valence-corrected chi connectivity index (χ1v) is 10.4. The molecule has 1 atom stereocenters. The molecular weight excluding hydrogens is 461 g/mol. The summed E-state index contributed by atoms with van der Waals surface area (Å²) in [5.41, 5.74) is 0. The number of thiazole rings is 1. The predicted octanol–water partition coefficient (Wildman–Crippen LogP) is 2.44. The van der Waals surface area contributed by atoms with Gasteiger partial charge in [0.1, 0.15) is 5.01 Å². The highest BCUT2D eigenvalue weighted by Gasteiger charge is 2.27. The van der Waals surface area contributed by atoms with Crippen LogP contribution in [0.15, 0.2) is 11.2 Å². The maximum absolute atomic E-state index is 5.45. The summed E-state index contributed by atoms with van der Waals surface area (Å²) < 4.78 is 5.45. The molecule has 8 heteroatoms. The van der Waals surface area contributed by atoms with Gasteiger partial charge >= 0.3 is 0 Å². The lowest BCUT2D eigenvalue weighted by Crippen LogP contribution is -2.42. The van der Waals surface area contributed by atoms with E-state index in [1.165, 1.54) is 17.8 Å². The molecule has 3 rings (SSSR count). The predicted molar refractivity (Wildman–Crippen MR) is 119 cm³/mol. The van der Waals surface area contributed by atoms with Crippen molar-refractivity contribution in [3.05, 3.63) is 16.1 Å². The van der Waals surface area contributed by atoms with E-state index >= 15 is 0 Å². The zero-order chi connectivity index (χ0) is 17.5. The van der Waals surface area contributed by atoms with Crippen molar-refractivity contribution < 1.29 is 4.74 Å². The van der Waals surface area contributed by atoms with Crippen molar-refractivity contribution >= 4 is 41.3 Å². The van der Waals surface area contributed by atoms with Gasteiger partial charge in [-0.25, -0.2) is 9.98 Å². The van der Waals surface area contributed by atoms with Gasteiger partial charge in [0.2, 0.25) is 0 Å². The Morgan fingerprint density at radius 1 is 1.35 bits per heavy atom. The minimum atomic E-state index is 0. The average molecular weight is 493 g/mol. The molecular formula is C18H32IN5OS. The fraction of sp³-hybridized carbons (Fsp3) is 0.778. The van der Waals surface area contributed by atoms with Crippen molar-refractivity contribution in [2.75, 3.05) is 52.5 Å². The number of hydrogen-bond donors (Lipinski definition) is 1. The standard InChI is InChI=1S/C18H31N5OS.HI/c1-3-16-11-20-17(25-16)12-21-18(19-4-2)23-6-5-15(14-23)13-22-7-9-24-10-8-22;/h11,15H,3-10,12-14H2,1-2H3,(H,19,21);1H. The van der Waals surface area contributed by atoms with E-state index in [9.17, 15) is 0 Å². The molecule has 1 unspecified atom stereocenters. The topological polar surface area (TPSA) is 53.0 Å². The second kappa shape index (κ2) is 11.4. The number of guanidine groups is 1. The highest BCUT2D eigenvalue weighted by molar-refractivity contribution is 14.0. The number of nitrogens with one attached hydrogen (secondary N) is 1. The minimum Gasteiger partial charge on any atom is -0.379 e. The first-order valence-electron chi connectivity index (χ1n) is 9.55. The molecule has 2 fully saturated rings. The zero-order valence-corrected chi connectivity index (χ0v) is 19.1. The summed E-state index contributed by atoms with van der Waals surface area (Å²) in [5.74, 6) is 1.77. The molecule has 0 amide bonds. The van der Waals surface area contributed by atoms with Crippen molar-refractivity contribution in [1.29, 1.82) is 0 Å². The molecule has 1 aromatic heterocycles. The van der Waals surface area contributed by atoms with Gasteiger partial charge in [-0.15, -0.1) is 35.3 Å². The number of aliphatic imine (C=N–C) groups is 1. The fourth-order valence-electron chi connectivity index (χ4n) is 3.48. The summed E-state index contributed by atoms with van der Waals surface area (Å²) in [6.45, 7) is 13.2. The molecule has 0 bridgehead atoms. The molecule has 0 spiro atoms. The van der Waals surface area contributed by atoms with Crippen molar-refractivity contribution in [2.24, 2.45) is 10.9 Å². The number of likely N-dealkylation sites (tertiary alicyclic amines) is 1. The van der Waals surface area contributed by atoms with Crippen LogP contribution in [0.5, 0.6) is 0 Å². The Kier molecular flexibility index (Phi) is 9.58. The molecule has 3 heterocycles. The number of hydrogen-bond acceptors (Lipinski definition) is 5. The van der Waals surface area contributed by atoms with Crippen LogP contribution in [0.3, 0.4) is 0 Å². The Bertz CT molecular complexity index is 562. The van der Waals surface area contributed by atoms with Crippen LogP contribution in [0.1, 0.15) is 30.2 Å². The molecule has 0 aromatic carbocycles. The summed E-state index contributed by atoms with van der Waals surface area (Å²) >= 11 is 1.78. The van der Waals surface area contributed by atoms with E-state index in [-0.39, 0.29) is 24.0 Å². The molecule has 6 nitrogen and oxygen atoms in total. The Hall–Kier alpha value is -0.450. The fourth-order valence-corrected chi connectivity index (χ4v) is 4.26. The lowest BCUT2D eigenvalue weighted by atomic mass is 10.1. The Morgan fingerprint density at radius 3 is 2.85 bits per heavy atom. The minimum absolute atomic E-state index is 0. The quantitative estimate of drug-likeness (QED) is 0.375. The maximum Gasteiger partial charge on any atom is 0.194 e. The molecule has 1 aromatic rings. The lowest BCUT2D eigenvalue weighted by molar-refractivity contribution is 0.0315. The molecule has 2 saturated heterocycles. The zero-order valence-electron chi connectivity index (χ0n) is 15.9. The van der Waals surface area contributed by atoms with Crippen molar-refractivity contribution in [3.8, 4) is 0 Å². The van der Waals surface area contributed by atoms with E-state index in [1.807, 2.05) is 6.20 Å².